The molecule has 0 fully saturated rings. The number of hydrogen-bond acceptors (Lipinski definition) is 0. The molecule has 1 heteroatoms. The van der Waals surface area contributed by atoms with Crippen LogP contribution in [0.5, 0.6) is 0 Å². The number of benzene rings is 7. The average Bonchev–Trinajstić information content (AvgIpc) is 3.61. The van der Waals surface area contributed by atoms with Gasteiger partial charge in [0.25, 0.3) is 0 Å². The number of nitrogens with zero attached hydrogens (tertiary/aromatic N) is 1. The van der Waals surface area contributed by atoms with Crippen LogP contribution in [0.2, 0.25) is 0 Å². The molecule has 0 radical (unpaired) electrons. The van der Waals surface area contributed by atoms with Crippen LogP contribution in [0, 0.1) is 0 Å². The highest BCUT2D eigenvalue weighted by molar-refractivity contribution is 6.12. The molecule has 1 aromatic heterocycles. The number of para-hydroxylation sites is 1. The van der Waals surface area contributed by atoms with Gasteiger partial charge in [-0.05, 0) is 74.8 Å². The van der Waals surface area contributed by atoms with Gasteiger partial charge in [0, 0.05) is 16.5 Å². The van der Waals surface area contributed by atoms with Crippen LogP contribution in [-0.4, -0.2) is 4.57 Å². The summed E-state index contributed by atoms with van der Waals surface area (Å²) in [7, 11) is 0. The van der Waals surface area contributed by atoms with E-state index in [4.69, 9.17) is 2.74 Å². The Morgan fingerprint density at radius 2 is 1.02 bits per heavy atom. The molecule has 0 aliphatic heterocycles. The SMILES string of the molecule is [2H]c1c([2H])c(-n2c3ccccc3c3cc4c(cc32)C(c2ccccc2)(c2ccccc2)c2ccccc2-4)c([2H])c([2H])c1-c1ccccc1. The molecule has 0 unspecified atom stereocenters. The first-order valence-corrected chi connectivity index (χ1v) is 15.0. The Hall–Kier alpha value is -5.66. The minimum absolute atomic E-state index is 0.0559. The molecule has 0 atom stereocenters. The van der Waals surface area contributed by atoms with Gasteiger partial charge >= 0.3 is 0 Å². The quantitative estimate of drug-likeness (QED) is 0.201. The van der Waals surface area contributed by atoms with Crippen LogP contribution < -0.4 is 0 Å². The van der Waals surface area contributed by atoms with Crippen molar-refractivity contribution < 1.29 is 5.48 Å². The van der Waals surface area contributed by atoms with Crippen molar-refractivity contribution >= 4 is 21.8 Å². The van der Waals surface area contributed by atoms with Crippen molar-refractivity contribution in [2.45, 2.75) is 5.41 Å². The summed E-state index contributed by atoms with van der Waals surface area (Å²) >= 11 is 0. The molecule has 206 valence electrons. The van der Waals surface area contributed by atoms with E-state index in [-0.39, 0.29) is 29.9 Å². The monoisotopic (exact) mass is 563 g/mol. The van der Waals surface area contributed by atoms with Crippen LogP contribution in [0.1, 0.15) is 27.7 Å². The number of hydrogen-bond donors (Lipinski definition) is 0. The molecular formula is C43H29N. The predicted octanol–water partition coefficient (Wildman–Crippen LogP) is 10.8. The zero-order valence-corrected chi connectivity index (χ0v) is 23.9. The van der Waals surface area contributed by atoms with E-state index in [1.54, 1.807) is 0 Å². The highest BCUT2D eigenvalue weighted by atomic mass is 15.0. The average molecular weight is 564 g/mol. The lowest BCUT2D eigenvalue weighted by atomic mass is 9.67. The molecule has 1 heterocycles. The van der Waals surface area contributed by atoms with Gasteiger partial charge in [-0.2, -0.15) is 0 Å². The van der Waals surface area contributed by atoms with Gasteiger partial charge in [-0.3, -0.25) is 0 Å². The van der Waals surface area contributed by atoms with Crippen molar-refractivity contribution in [3.63, 3.8) is 0 Å². The zero-order valence-electron chi connectivity index (χ0n) is 27.9. The largest absolute Gasteiger partial charge is 0.309 e. The molecule has 44 heavy (non-hydrogen) atoms. The van der Waals surface area contributed by atoms with Crippen molar-refractivity contribution in [3.8, 4) is 27.9 Å². The third kappa shape index (κ3) is 3.47. The van der Waals surface area contributed by atoms with E-state index in [1.807, 2.05) is 65.2 Å². The topological polar surface area (TPSA) is 4.93 Å². The molecule has 0 saturated heterocycles. The molecule has 1 aliphatic rings. The van der Waals surface area contributed by atoms with E-state index >= 15 is 0 Å². The molecule has 0 amide bonds. The molecule has 0 saturated carbocycles. The van der Waals surface area contributed by atoms with E-state index in [9.17, 15) is 2.74 Å². The molecular weight excluding hydrogens is 530 g/mol. The number of aromatic nitrogens is 1. The van der Waals surface area contributed by atoms with Crippen LogP contribution in [0.3, 0.4) is 0 Å². The predicted molar refractivity (Wildman–Crippen MR) is 184 cm³/mol. The smallest absolute Gasteiger partial charge is 0.0714 e. The van der Waals surface area contributed by atoms with Crippen molar-refractivity contribution in [2.24, 2.45) is 0 Å². The van der Waals surface area contributed by atoms with Crippen molar-refractivity contribution in [1.82, 2.24) is 4.57 Å². The molecule has 7 aromatic carbocycles. The molecule has 8 aromatic rings. The van der Waals surface area contributed by atoms with E-state index in [0.717, 1.165) is 44.1 Å². The number of fused-ring (bicyclic) bond motifs is 6. The first-order valence-electron chi connectivity index (χ1n) is 17.0. The van der Waals surface area contributed by atoms with E-state index in [0.29, 0.717) is 11.1 Å². The van der Waals surface area contributed by atoms with Gasteiger partial charge in [-0.15, -0.1) is 0 Å². The van der Waals surface area contributed by atoms with Gasteiger partial charge in [-0.1, -0.05) is 146 Å². The lowest BCUT2D eigenvalue weighted by molar-refractivity contribution is 0.769. The van der Waals surface area contributed by atoms with Gasteiger partial charge < -0.3 is 4.57 Å². The third-order valence-corrected chi connectivity index (χ3v) is 9.15. The standard InChI is InChI=1S/C43H29N/c1-4-14-30(15-5-1)31-24-26-34(27-25-31)44-41-23-13-11-21-36(41)38-28-37-35-20-10-12-22-39(35)43(40(37)29-42(38)44,32-16-6-2-7-17-32)33-18-8-3-9-19-33/h1-29H/i24D,25D,26D,27D. The zero-order chi connectivity index (χ0) is 32.6. The minimum Gasteiger partial charge on any atom is -0.309 e. The maximum atomic E-state index is 9.34. The summed E-state index contributed by atoms with van der Waals surface area (Å²) in [5, 5.41) is 1.99. The Morgan fingerprint density at radius 3 is 1.73 bits per heavy atom. The molecule has 1 nitrogen and oxygen atoms in total. The Morgan fingerprint density at radius 1 is 0.432 bits per heavy atom. The van der Waals surface area contributed by atoms with Crippen molar-refractivity contribution in [1.29, 1.82) is 0 Å². The molecule has 0 spiro atoms. The Kier molecular flexibility index (Phi) is 4.65. The molecule has 0 N–H and O–H groups in total. The third-order valence-electron chi connectivity index (χ3n) is 9.15. The van der Waals surface area contributed by atoms with E-state index < -0.39 is 5.41 Å². The summed E-state index contributed by atoms with van der Waals surface area (Å²) in [4.78, 5) is 0. The lowest BCUT2D eigenvalue weighted by Gasteiger charge is -2.34. The molecule has 1 aliphatic carbocycles. The Bertz CT molecular complexity index is 2470. The van der Waals surface area contributed by atoms with Gasteiger partial charge in [0.2, 0.25) is 0 Å². The normalized spacial score (nSPS) is 14.5. The van der Waals surface area contributed by atoms with Crippen LogP contribution in [0.4, 0.5) is 0 Å². The Labute approximate surface area is 262 Å². The van der Waals surface area contributed by atoms with Crippen LogP contribution in [-0.2, 0) is 5.41 Å². The van der Waals surface area contributed by atoms with Crippen LogP contribution in [0.15, 0.2) is 176 Å². The second-order valence-corrected chi connectivity index (χ2v) is 11.4. The van der Waals surface area contributed by atoms with Gasteiger partial charge in [0.1, 0.15) is 0 Å². The van der Waals surface area contributed by atoms with E-state index in [1.165, 1.54) is 11.1 Å². The maximum Gasteiger partial charge on any atom is 0.0714 e. The van der Waals surface area contributed by atoms with Crippen molar-refractivity contribution in [3.05, 3.63) is 198 Å². The molecule has 0 bridgehead atoms. The van der Waals surface area contributed by atoms with Crippen molar-refractivity contribution in [2.75, 3.05) is 0 Å². The highest BCUT2D eigenvalue weighted by Gasteiger charge is 2.46. The van der Waals surface area contributed by atoms with Gasteiger partial charge in [-0.25, -0.2) is 0 Å². The summed E-state index contributed by atoms with van der Waals surface area (Å²) in [6.45, 7) is 0. The fourth-order valence-electron chi connectivity index (χ4n) is 7.31. The van der Waals surface area contributed by atoms with Gasteiger partial charge in [0.15, 0.2) is 0 Å². The first-order chi connectivity index (χ1) is 23.5. The maximum absolute atomic E-state index is 9.34. The highest BCUT2D eigenvalue weighted by Crippen LogP contribution is 2.57. The summed E-state index contributed by atoms with van der Waals surface area (Å²) in [5.41, 5.74) is 9.23. The minimum atomic E-state index is -0.615. The fraction of sp³-hybridized carbons (Fsp3) is 0.0233. The molecule has 9 rings (SSSR count). The van der Waals surface area contributed by atoms with Crippen LogP contribution in [0.25, 0.3) is 49.7 Å². The van der Waals surface area contributed by atoms with E-state index in [2.05, 4.69) is 91.0 Å². The summed E-state index contributed by atoms with van der Waals surface area (Å²) in [6.07, 6.45) is 0. The first kappa shape index (κ1) is 21.1. The second kappa shape index (κ2) is 9.69. The Balaban J connectivity index is 1.44. The van der Waals surface area contributed by atoms with Crippen LogP contribution >= 0.6 is 0 Å². The summed E-state index contributed by atoms with van der Waals surface area (Å²) in [5.74, 6) is 0. The summed E-state index contributed by atoms with van der Waals surface area (Å²) in [6, 6.07) is 51.5. The second-order valence-electron chi connectivity index (χ2n) is 11.4. The summed E-state index contributed by atoms with van der Waals surface area (Å²) < 4.78 is 38.9. The number of rotatable bonds is 4. The fourth-order valence-corrected chi connectivity index (χ4v) is 7.31. The lowest BCUT2D eigenvalue weighted by Crippen LogP contribution is -2.28. The van der Waals surface area contributed by atoms with Gasteiger partial charge in [0.05, 0.1) is 21.9 Å².